The molecule has 2 fully saturated rings. The third kappa shape index (κ3) is 3.01. The van der Waals surface area contributed by atoms with Crippen molar-refractivity contribution in [3.05, 3.63) is 41.0 Å². The predicted molar refractivity (Wildman–Crippen MR) is 91.1 cm³/mol. The number of anilines is 2. The molecule has 1 saturated heterocycles. The summed E-state index contributed by atoms with van der Waals surface area (Å²) in [5.41, 5.74) is 1.78. The van der Waals surface area contributed by atoms with Crippen LogP contribution in [0.5, 0.6) is 0 Å². The monoisotopic (exact) mass is 344 g/mol. The van der Waals surface area contributed by atoms with E-state index in [0.29, 0.717) is 23.3 Å². The summed E-state index contributed by atoms with van der Waals surface area (Å²) in [6.07, 6.45) is 2.53. The van der Waals surface area contributed by atoms with E-state index in [1.54, 1.807) is 23.1 Å². The first-order chi connectivity index (χ1) is 11.6. The highest BCUT2D eigenvalue weighted by Crippen LogP contribution is 2.39. The zero-order valence-corrected chi connectivity index (χ0v) is 13.7. The van der Waals surface area contributed by atoms with Crippen LogP contribution in [0.3, 0.4) is 0 Å². The number of benzene rings is 1. The molecular weight excluding hydrogens is 328 g/mol. The number of aromatic nitrogens is 2. The summed E-state index contributed by atoms with van der Waals surface area (Å²) in [6, 6.07) is 8.97. The van der Waals surface area contributed by atoms with Crippen LogP contribution < -0.4 is 10.2 Å². The van der Waals surface area contributed by atoms with E-state index in [4.69, 9.17) is 11.6 Å². The Morgan fingerprint density at radius 1 is 1.33 bits per heavy atom. The second kappa shape index (κ2) is 5.94. The first kappa shape index (κ1) is 15.2. The van der Waals surface area contributed by atoms with Crippen molar-refractivity contribution in [2.75, 3.05) is 16.8 Å². The van der Waals surface area contributed by atoms with E-state index < -0.39 is 5.92 Å². The smallest absolute Gasteiger partial charge is 0.231 e. The molecule has 2 N–H and O–H groups in total. The number of aromatic amines is 1. The number of hydrogen-bond acceptors (Lipinski definition) is 3. The van der Waals surface area contributed by atoms with E-state index in [1.165, 1.54) is 12.8 Å². The van der Waals surface area contributed by atoms with Crippen molar-refractivity contribution in [3.8, 4) is 0 Å². The lowest BCUT2D eigenvalue weighted by Gasteiger charge is -2.16. The Bertz CT molecular complexity index is 799. The Hall–Kier alpha value is -2.34. The molecule has 0 bridgehead atoms. The van der Waals surface area contributed by atoms with Gasteiger partial charge in [0.05, 0.1) is 5.92 Å². The molecule has 1 aromatic carbocycles. The van der Waals surface area contributed by atoms with Crippen molar-refractivity contribution in [1.29, 1.82) is 0 Å². The van der Waals surface area contributed by atoms with Gasteiger partial charge < -0.3 is 10.2 Å². The van der Waals surface area contributed by atoms with Crippen LogP contribution in [0.25, 0.3) is 0 Å². The van der Waals surface area contributed by atoms with Crippen LogP contribution in [0.4, 0.5) is 11.5 Å². The van der Waals surface area contributed by atoms with Crippen molar-refractivity contribution in [2.45, 2.75) is 25.2 Å². The van der Waals surface area contributed by atoms with Crippen LogP contribution in [0.2, 0.25) is 5.02 Å². The fourth-order valence-corrected chi connectivity index (χ4v) is 3.19. The summed E-state index contributed by atoms with van der Waals surface area (Å²) in [6.45, 7) is 0.352. The van der Waals surface area contributed by atoms with Gasteiger partial charge in [0.25, 0.3) is 0 Å². The normalized spacial score (nSPS) is 20.5. The van der Waals surface area contributed by atoms with E-state index in [1.807, 2.05) is 12.1 Å². The fraction of sp³-hybridized carbons (Fsp3) is 0.353. The molecule has 0 radical (unpaired) electrons. The van der Waals surface area contributed by atoms with Gasteiger partial charge in [-0.1, -0.05) is 17.7 Å². The highest BCUT2D eigenvalue weighted by Gasteiger charge is 2.35. The summed E-state index contributed by atoms with van der Waals surface area (Å²) < 4.78 is 0. The SMILES string of the molecule is O=C(Nc1cc(C2CC2)[nH]n1)C1CC(=O)N(c2cccc(Cl)c2)C1. The molecule has 1 aliphatic carbocycles. The van der Waals surface area contributed by atoms with E-state index in [0.717, 1.165) is 11.4 Å². The second-order valence-corrected chi connectivity index (χ2v) is 6.79. The van der Waals surface area contributed by atoms with Gasteiger partial charge in [0.15, 0.2) is 5.82 Å². The van der Waals surface area contributed by atoms with Crippen LogP contribution in [-0.4, -0.2) is 28.6 Å². The lowest BCUT2D eigenvalue weighted by Crippen LogP contribution is -2.28. The number of hydrogen-bond donors (Lipinski definition) is 2. The highest BCUT2D eigenvalue weighted by atomic mass is 35.5. The minimum atomic E-state index is -0.391. The van der Waals surface area contributed by atoms with Crippen LogP contribution in [0, 0.1) is 5.92 Å². The maximum absolute atomic E-state index is 12.4. The van der Waals surface area contributed by atoms with Gasteiger partial charge in [0.1, 0.15) is 0 Å². The van der Waals surface area contributed by atoms with Crippen LogP contribution in [0.1, 0.15) is 30.9 Å². The molecule has 4 rings (SSSR count). The van der Waals surface area contributed by atoms with Gasteiger partial charge in [-0.05, 0) is 31.0 Å². The molecule has 124 valence electrons. The molecular formula is C17H17ClN4O2. The molecule has 6 nitrogen and oxygen atoms in total. The van der Waals surface area contributed by atoms with E-state index in [2.05, 4.69) is 15.5 Å². The Morgan fingerprint density at radius 2 is 2.17 bits per heavy atom. The van der Waals surface area contributed by atoms with Crippen molar-refractivity contribution in [2.24, 2.45) is 5.92 Å². The predicted octanol–water partition coefficient (Wildman–Crippen LogP) is 2.93. The highest BCUT2D eigenvalue weighted by molar-refractivity contribution is 6.31. The van der Waals surface area contributed by atoms with Gasteiger partial charge in [-0.15, -0.1) is 0 Å². The third-order valence-electron chi connectivity index (χ3n) is 4.48. The number of halogens is 1. The number of rotatable bonds is 4. The Morgan fingerprint density at radius 3 is 2.92 bits per heavy atom. The summed E-state index contributed by atoms with van der Waals surface area (Å²) in [7, 11) is 0. The Kier molecular flexibility index (Phi) is 3.76. The lowest BCUT2D eigenvalue weighted by atomic mass is 10.1. The van der Waals surface area contributed by atoms with E-state index in [9.17, 15) is 9.59 Å². The van der Waals surface area contributed by atoms with Crippen molar-refractivity contribution < 1.29 is 9.59 Å². The molecule has 7 heteroatoms. The molecule has 2 aliphatic rings. The quantitative estimate of drug-likeness (QED) is 0.895. The average Bonchev–Trinajstić information content (AvgIpc) is 3.18. The minimum Gasteiger partial charge on any atom is -0.312 e. The van der Waals surface area contributed by atoms with E-state index >= 15 is 0 Å². The van der Waals surface area contributed by atoms with Gasteiger partial charge in [0, 0.05) is 41.4 Å². The maximum Gasteiger partial charge on any atom is 0.231 e. The van der Waals surface area contributed by atoms with Crippen molar-refractivity contribution in [3.63, 3.8) is 0 Å². The number of carbonyl (C=O) groups is 2. The van der Waals surface area contributed by atoms with Gasteiger partial charge in [-0.25, -0.2) is 0 Å². The van der Waals surface area contributed by atoms with Crippen LogP contribution in [0.15, 0.2) is 30.3 Å². The van der Waals surface area contributed by atoms with Gasteiger partial charge in [-0.2, -0.15) is 5.10 Å². The molecule has 1 aromatic heterocycles. The van der Waals surface area contributed by atoms with E-state index in [-0.39, 0.29) is 18.2 Å². The fourth-order valence-electron chi connectivity index (χ4n) is 3.01. The standard InChI is InChI=1S/C17H17ClN4O2/c18-12-2-1-3-13(7-12)22-9-11(6-16(22)23)17(24)19-15-8-14(20-21-15)10-4-5-10/h1-3,7-8,10-11H,4-6,9H2,(H2,19,20,21,24). The first-order valence-corrected chi connectivity index (χ1v) is 8.40. The first-order valence-electron chi connectivity index (χ1n) is 8.02. The van der Waals surface area contributed by atoms with Crippen molar-refractivity contribution in [1.82, 2.24) is 10.2 Å². The van der Waals surface area contributed by atoms with Gasteiger partial charge in [0.2, 0.25) is 11.8 Å². The number of nitrogens with zero attached hydrogens (tertiary/aromatic N) is 2. The topological polar surface area (TPSA) is 78.1 Å². The van der Waals surface area contributed by atoms with Crippen molar-refractivity contribution >= 4 is 34.9 Å². The average molecular weight is 345 g/mol. The van der Waals surface area contributed by atoms with Gasteiger partial charge >= 0.3 is 0 Å². The molecule has 1 atom stereocenters. The Balaban J connectivity index is 1.42. The maximum atomic E-state index is 12.4. The van der Waals surface area contributed by atoms with Crippen LogP contribution >= 0.6 is 11.6 Å². The molecule has 1 saturated carbocycles. The van der Waals surface area contributed by atoms with Gasteiger partial charge in [-0.3, -0.25) is 14.7 Å². The number of amides is 2. The molecule has 2 aromatic rings. The summed E-state index contributed by atoms with van der Waals surface area (Å²) in [5.74, 6) is 0.433. The summed E-state index contributed by atoms with van der Waals surface area (Å²) >= 11 is 5.98. The molecule has 1 aliphatic heterocycles. The number of H-pyrrole nitrogens is 1. The molecule has 2 heterocycles. The zero-order chi connectivity index (χ0) is 16.7. The summed E-state index contributed by atoms with van der Waals surface area (Å²) in [4.78, 5) is 26.3. The number of nitrogens with one attached hydrogen (secondary N) is 2. The lowest BCUT2D eigenvalue weighted by molar-refractivity contribution is -0.122. The minimum absolute atomic E-state index is 0.0712. The third-order valence-corrected chi connectivity index (χ3v) is 4.72. The zero-order valence-electron chi connectivity index (χ0n) is 13.0. The van der Waals surface area contributed by atoms with Crippen LogP contribution in [-0.2, 0) is 9.59 Å². The molecule has 1 unspecified atom stereocenters. The largest absolute Gasteiger partial charge is 0.312 e. The molecule has 0 spiro atoms. The molecule has 24 heavy (non-hydrogen) atoms. The Labute approximate surface area is 144 Å². The second-order valence-electron chi connectivity index (χ2n) is 6.36. The number of carbonyl (C=O) groups excluding carboxylic acids is 2. The molecule has 2 amide bonds. The summed E-state index contributed by atoms with van der Waals surface area (Å²) in [5, 5.41) is 10.5.